The molecule has 1 amide bonds. The number of aromatic amines is 1. The van der Waals surface area contributed by atoms with E-state index in [1.165, 1.54) is 28.6 Å². The summed E-state index contributed by atoms with van der Waals surface area (Å²) in [6.07, 6.45) is 7.71. The van der Waals surface area contributed by atoms with Crippen molar-refractivity contribution in [3.8, 4) is 0 Å². The Morgan fingerprint density at radius 3 is 2.96 bits per heavy atom. The van der Waals surface area contributed by atoms with Crippen molar-refractivity contribution in [1.82, 2.24) is 15.3 Å². The zero-order valence-corrected chi connectivity index (χ0v) is 17.2. The predicted octanol–water partition coefficient (Wildman–Crippen LogP) is 3.79. The summed E-state index contributed by atoms with van der Waals surface area (Å²) in [7, 11) is 0. The SMILES string of the molecule is CCCCCNC(=O)[C@@H](C)SCc1nc2sc3c(c2c(=O)[nH]1)CCCC3. The average Bonchev–Trinajstić information content (AvgIpc) is 3.01. The van der Waals surface area contributed by atoms with Crippen molar-refractivity contribution in [3.05, 3.63) is 26.6 Å². The number of carbonyl (C=O) groups is 1. The van der Waals surface area contributed by atoms with E-state index in [9.17, 15) is 9.59 Å². The Bertz CT molecular complexity index is 828. The summed E-state index contributed by atoms with van der Waals surface area (Å²) in [4.78, 5) is 34.4. The van der Waals surface area contributed by atoms with Gasteiger partial charge in [-0.3, -0.25) is 9.59 Å². The molecule has 0 aromatic carbocycles. The fourth-order valence-electron chi connectivity index (χ4n) is 3.29. The van der Waals surface area contributed by atoms with E-state index in [2.05, 4.69) is 22.2 Å². The highest BCUT2D eigenvalue weighted by molar-refractivity contribution is 7.99. The second kappa shape index (κ2) is 9.04. The summed E-state index contributed by atoms with van der Waals surface area (Å²) in [6, 6.07) is 0. The Hall–Kier alpha value is -1.34. The molecule has 0 bridgehead atoms. The van der Waals surface area contributed by atoms with Crippen LogP contribution in [0.3, 0.4) is 0 Å². The van der Waals surface area contributed by atoms with Gasteiger partial charge in [0.05, 0.1) is 16.4 Å². The second-order valence-electron chi connectivity index (χ2n) is 6.86. The maximum Gasteiger partial charge on any atom is 0.259 e. The maximum atomic E-state index is 12.5. The summed E-state index contributed by atoms with van der Waals surface area (Å²) in [5.74, 6) is 1.26. The summed E-state index contributed by atoms with van der Waals surface area (Å²) < 4.78 is 0. The minimum atomic E-state index is -0.158. The molecule has 26 heavy (non-hydrogen) atoms. The van der Waals surface area contributed by atoms with Crippen molar-refractivity contribution in [2.75, 3.05) is 6.54 Å². The summed E-state index contributed by atoms with van der Waals surface area (Å²) in [5.41, 5.74) is 1.19. The number of fused-ring (bicyclic) bond motifs is 3. The average molecular weight is 394 g/mol. The van der Waals surface area contributed by atoms with Gasteiger partial charge in [0.2, 0.25) is 5.91 Å². The molecule has 0 saturated heterocycles. The number of hydrogen-bond donors (Lipinski definition) is 2. The van der Waals surface area contributed by atoms with E-state index >= 15 is 0 Å². The van der Waals surface area contributed by atoms with E-state index < -0.39 is 0 Å². The molecule has 0 fully saturated rings. The molecule has 2 heterocycles. The molecule has 0 aliphatic heterocycles. The zero-order valence-electron chi connectivity index (χ0n) is 15.5. The lowest BCUT2D eigenvalue weighted by atomic mass is 9.97. The highest BCUT2D eigenvalue weighted by atomic mass is 32.2. The third-order valence-corrected chi connectivity index (χ3v) is 7.13. The van der Waals surface area contributed by atoms with Gasteiger partial charge in [-0.25, -0.2) is 4.98 Å². The molecule has 5 nitrogen and oxygen atoms in total. The monoisotopic (exact) mass is 393 g/mol. The number of aromatic nitrogens is 2. The Morgan fingerprint density at radius 2 is 2.15 bits per heavy atom. The van der Waals surface area contributed by atoms with Gasteiger partial charge in [0.25, 0.3) is 5.56 Å². The van der Waals surface area contributed by atoms with Crippen LogP contribution in [-0.2, 0) is 23.4 Å². The Labute approximate surface area is 162 Å². The Morgan fingerprint density at radius 1 is 1.35 bits per heavy atom. The molecular weight excluding hydrogens is 366 g/mol. The van der Waals surface area contributed by atoms with Crippen LogP contribution < -0.4 is 10.9 Å². The third-order valence-electron chi connectivity index (χ3n) is 4.79. The van der Waals surface area contributed by atoms with E-state index in [0.717, 1.165) is 55.3 Å². The van der Waals surface area contributed by atoms with Crippen molar-refractivity contribution in [2.45, 2.75) is 69.8 Å². The van der Waals surface area contributed by atoms with Crippen LogP contribution in [0, 0.1) is 0 Å². The molecule has 3 rings (SSSR count). The lowest BCUT2D eigenvalue weighted by Crippen LogP contribution is -2.31. The number of H-pyrrole nitrogens is 1. The van der Waals surface area contributed by atoms with Gasteiger partial charge < -0.3 is 10.3 Å². The first kappa shape index (κ1) is 19.4. The van der Waals surface area contributed by atoms with Gasteiger partial charge in [-0.2, -0.15) is 0 Å². The lowest BCUT2D eigenvalue weighted by Gasteiger charge is -2.11. The summed E-state index contributed by atoms with van der Waals surface area (Å²) >= 11 is 3.18. The van der Waals surface area contributed by atoms with Crippen molar-refractivity contribution >= 4 is 39.2 Å². The van der Waals surface area contributed by atoms with Crippen LogP contribution in [0.5, 0.6) is 0 Å². The summed E-state index contributed by atoms with van der Waals surface area (Å²) in [6.45, 7) is 4.79. The highest BCUT2D eigenvalue weighted by Crippen LogP contribution is 2.33. The zero-order chi connectivity index (χ0) is 18.5. The van der Waals surface area contributed by atoms with Crippen LogP contribution in [0.2, 0.25) is 0 Å². The molecule has 0 saturated carbocycles. The first-order chi connectivity index (χ1) is 12.6. The molecule has 7 heteroatoms. The van der Waals surface area contributed by atoms with Crippen LogP contribution in [-0.4, -0.2) is 27.7 Å². The smallest absolute Gasteiger partial charge is 0.259 e. The number of thioether (sulfide) groups is 1. The third kappa shape index (κ3) is 4.49. The Balaban J connectivity index is 1.62. The molecule has 142 valence electrons. The van der Waals surface area contributed by atoms with Gasteiger partial charge >= 0.3 is 0 Å². The standard InChI is InChI=1S/C19H27N3O2S2/c1-3-4-7-10-20-17(23)12(2)25-11-15-21-18(24)16-13-8-5-6-9-14(13)26-19(16)22-15/h12H,3-11H2,1-2H3,(H,20,23)(H,21,22,24)/t12-/m1/s1. The predicted molar refractivity (Wildman–Crippen MR) is 110 cm³/mol. The Kier molecular flexibility index (Phi) is 6.75. The number of rotatable bonds is 8. The van der Waals surface area contributed by atoms with Crippen LogP contribution >= 0.6 is 23.1 Å². The van der Waals surface area contributed by atoms with Crippen LogP contribution in [0.15, 0.2) is 4.79 Å². The second-order valence-corrected chi connectivity index (χ2v) is 9.27. The number of aryl methyl sites for hydroxylation is 2. The van der Waals surface area contributed by atoms with E-state index in [1.54, 1.807) is 11.3 Å². The molecule has 1 aliphatic rings. The van der Waals surface area contributed by atoms with E-state index in [-0.39, 0.29) is 16.7 Å². The van der Waals surface area contributed by atoms with E-state index in [4.69, 9.17) is 0 Å². The van der Waals surface area contributed by atoms with Crippen molar-refractivity contribution in [2.24, 2.45) is 0 Å². The highest BCUT2D eigenvalue weighted by Gasteiger charge is 2.20. The van der Waals surface area contributed by atoms with Gasteiger partial charge in [0, 0.05) is 11.4 Å². The number of carbonyl (C=O) groups excluding carboxylic acids is 1. The molecule has 1 aliphatic carbocycles. The number of nitrogens with zero attached hydrogens (tertiary/aromatic N) is 1. The molecule has 0 radical (unpaired) electrons. The molecule has 0 spiro atoms. The number of amides is 1. The van der Waals surface area contributed by atoms with E-state index in [0.29, 0.717) is 11.6 Å². The lowest BCUT2D eigenvalue weighted by molar-refractivity contribution is -0.120. The van der Waals surface area contributed by atoms with Gasteiger partial charge in [-0.05, 0) is 44.6 Å². The van der Waals surface area contributed by atoms with Gasteiger partial charge in [0.15, 0.2) is 0 Å². The first-order valence-electron chi connectivity index (χ1n) is 9.53. The maximum absolute atomic E-state index is 12.5. The minimum absolute atomic E-state index is 0.0262. The molecular formula is C19H27N3O2S2. The van der Waals surface area contributed by atoms with Crippen LogP contribution in [0.4, 0.5) is 0 Å². The van der Waals surface area contributed by atoms with Gasteiger partial charge in [0.1, 0.15) is 10.7 Å². The normalized spacial score (nSPS) is 15.0. The fourth-order valence-corrected chi connectivity index (χ4v) is 5.35. The van der Waals surface area contributed by atoms with Crippen molar-refractivity contribution < 1.29 is 4.79 Å². The van der Waals surface area contributed by atoms with Crippen LogP contribution in [0.25, 0.3) is 10.2 Å². The minimum Gasteiger partial charge on any atom is -0.355 e. The number of unbranched alkanes of at least 4 members (excludes halogenated alkanes) is 2. The van der Waals surface area contributed by atoms with Crippen molar-refractivity contribution in [3.63, 3.8) is 0 Å². The number of thiophene rings is 1. The topological polar surface area (TPSA) is 74.8 Å². The molecule has 2 aromatic heterocycles. The molecule has 2 aromatic rings. The molecule has 0 unspecified atom stereocenters. The fraction of sp³-hybridized carbons (Fsp3) is 0.632. The molecule has 1 atom stereocenters. The summed E-state index contributed by atoms with van der Waals surface area (Å²) in [5, 5.41) is 3.61. The quantitative estimate of drug-likeness (QED) is 0.669. The van der Waals surface area contributed by atoms with Crippen molar-refractivity contribution in [1.29, 1.82) is 0 Å². The van der Waals surface area contributed by atoms with Gasteiger partial charge in [-0.15, -0.1) is 23.1 Å². The first-order valence-corrected chi connectivity index (χ1v) is 11.4. The largest absolute Gasteiger partial charge is 0.355 e. The van der Waals surface area contributed by atoms with Gasteiger partial charge in [-0.1, -0.05) is 19.8 Å². The van der Waals surface area contributed by atoms with Crippen LogP contribution in [0.1, 0.15) is 62.2 Å². The van der Waals surface area contributed by atoms with E-state index in [1.807, 2.05) is 6.92 Å². The molecule has 2 N–H and O–H groups in total. The number of hydrogen-bond acceptors (Lipinski definition) is 5. The number of nitrogens with one attached hydrogen (secondary N) is 2.